The number of H-pyrrole nitrogens is 1. The third-order valence-electron chi connectivity index (χ3n) is 6.59. The second kappa shape index (κ2) is 8.09. The number of nitrogens with zero attached hydrogens (tertiary/aromatic N) is 3. The van der Waals surface area contributed by atoms with Crippen molar-refractivity contribution in [2.45, 2.75) is 32.4 Å². The largest absolute Gasteiger partial charge is 0.396 e. The van der Waals surface area contributed by atoms with Crippen molar-refractivity contribution in [3.05, 3.63) is 53.9 Å². The monoisotopic (exact) mass is 372 g/mol. The van der Waals surface area contributed by atoms with Crippen LogP contribution in [0, 0.1) is 17.2 Å². The Morgan fingerprint density at radius 2 is 1.93 bits per heavy atom. The fraction of sp³-hybridized carbons (Fsp3) is 0.571. The van der Waals surface area contributed by atoms with E-state index in [1.54, 1.807) is 18.5 Å². The van der Waals surface area contributed by atoms with Crippen LogP contribution < -0.4 is 0 Å². The van der Waals surface area contributed by atoms with Crippen LogP contribution in [0.1, 0.15) is 30.5 Å². The molecule has 0 bridgehead atoms. The Morgan fingerprint density at radius 3 is 2.59 bits per heavy atom. The van der Waals surface area contributed by atoms with Crippen molar-refractivity contribution in [2.24, 2.45) is 11.3 Å². The summed E-state index contributed by atoms with van der Waals surface area (Å²) in [5, 5.41) is 10.1. The van der Waals surface area contributed by atoms with Gasteiger partial charge >= 0.3 is 0 Å². The molecule has 3 heterocycles. The molecule has 0 saturated carbocycles. The zero-order valence-corrected chi connectivity index (χ0v) is 15.8. The van der Waals surface area contributed by atoms with Crippen LogP contribution in [-0.2, 0) is 13.1 Å². The average molecular weight is 372 g/mol. The fourth-order valence-electron chi connectivity index (χ4n) is 4.90. The van der Waals surface area contributed by atoms with Gasteiger partial charge in [-0.15, -0.1) is 0 Å². The summed E-state index contributed by atoms with van der Waals surface area (Å²) in [6.07, 6.45) is 6.97. The molecule has 2 aromatic rings. The molecule has 27 heavy (non-hydrogen) atoms. The topological polar surface area (TPSA) is 55.4 Å². The van der Waals surface area contributed by atoms with Gasteiger partial charge < -0.3 is 10.1 Å². The number of benzene rings is 1. The minimum absolute atomic E-state index is 0.161. The van der Waals surface area contributed by atoms with Crippen molar-refractivity contribution in [2.75, 3.05) is 32.8 Å². The molecule has 0 aliphatic carbocycles. The van der Waals surface area contributed by atoms with Crippen molar-refractivity contribution in [1.82, 2.24) is 19.8 Å². The second-order valence-electron chi connectivity index (χ2n) is 8.21. The molecular formula is C21H29FN4O. The smallest absolute Gasteiger partial charge is 0.123 e. The van der Waals surface area contributed by atoms with Gasteiger partial charge in [0.2, 0.25) is 0 Å². The Hall–Kier alpha value is -1.76. The first-order valence-corrected chi connectivity index (χ1v) is 9.94. The first-order valence-electron chi connectivity index (χ1n) is 9.94. The van der Waals surface area contributed by atoms with Crippen LogP contribution in [0.3, 0.4) is 0 Å². The third-order valence-corrected chi connectivity index (χ3v) is 6.59. The predicted molar refractivity (Wildman–Crippen MR) is 102 cm³/mol. The molecule has 5 nitrogen and oxygen atoms in total. The highest BCUT2D eigenvalue weighted by molar-refractivity contribution is 5.16. The van der Waals surface area contributed by atoms with Crippen LogP contribution in [0.25, 0.3) is 0 Å². The quantitative estimate of drug-likeness (QED) is 0.847. The van der Waals surface area contributed by atoms with Gasteiger partial charge in [-0.1, -0.05) is 12.1 Å². The van der Waals surface area contributed by atoms with Crippen LogP contribution in [0.4, 0.5) is 4.39 Å². The van der Waals surface area contributed by atoms with Crippen LogP contribution >= 0.6 is 0 Å². The van der Waals surface area contributed by atoms with Gasteiger partial charge in [-0.05, 0) is 62.0 Å². The Morgan fingerprint density at radius 1 is 1.15 bits per heavy atom. The van der Waals surface area contributed by atoms with Crippen molar-refractivity contribution >= 4 is 0 Å². The number of likely N-dealkylation sites (tertiary alicyclic amines) is 2. The van der Waals surface area contributed by atoms with Crippen molar-refractivity contribution in [1.29, 1.82) is 0 Å². The van der Waals surface area contributed by atoms with Crippen LogP contribution in [0.2, 0.25) is 0 Å². The summed E-state index contributed by atoms with van der Waals surface area (Å²) in [7, 11) is 0. The normalized spacial score (nSPS) is 23.7. The van der Waals surface area contributed by atoms with Crippen LogP contribution in [0.15, 0.2) is 36.8 Å². The number of aliphatic hydroxyl groups is 1. The molecule has 0 amide bonds. The van der Waals surface area contributed by atoms with E-state index in [0.29, 0.717) is 5.92 Å². The van der Waals surface area contributed by atoms with E-state index >= 15 is 0 Å². The summed E-state index contributed by atoms with van der Waals surface area (Å²) < 4.78 is 13.4. The molecule has 1 spiro atoms. The molecule has 4 rings (SSSR count). The average Bonchev–Trinajstić information content (AvgIpc) is 3.18. The van der Waals surface area contributed by atoms with E-state index in [4.69, 9.17) is 0 Å². The zero-order chi connectivity index (χ0) is 18.7. The third kappa shape index (κ3) is 4.23. The van der Waals surface area contributed by atoms with Crippen LogP contribution in [0.5, 0.6) is 0 Å². The van der Waals surface area contributed by atoms with E-state index in [1.165, 1.54) is 6.07 Å². The lowest BCUT2D eigenvalue weighted by atomic mass is 9.64. The highest BCUT2D eigenvalue weighted by Crippen LogP contribution is 2.45. The van der Waals surface area contributed by atoms with Gasteiger partial charge in [-0.2, -0.15) is 0 Å². The van der Waals surface area contributed by atoms with Gasteiger partial charge in [0.05, 0.1) is 6.33 Å². The van der Waals surface area contributed by atoms with E-state index in [0.717, 1.165) is 69.8 Å². The van der Waals surface area contributed by atoms with E-state index in [-0.39, 0.29) is 17.8 Å². The summed E-state index contributed by atoms with van der Waals surface area (Å²) in [4.78, 5) is 12.1. The van der Waals surface area contributed by atoms with E-state index < -0.39 is 0 Å². The molecule has 0 unspecified atom stereocenters. The molecule has 0 radical (unpaired) electrons. The Kier molecular flexibility index (Phi) is 5.57. The molecule has 1 aromatic heterocycles. The Bertz CT molecular complexity index is 728. The highest BCUT2D eigenvalue weighted by Gasteiger charge is 2.44. The number of nitrogens with one attached hydrogen (secondary N) is 1. The first kappa shape index (κ1) is 18.6. The van der Waals surface area contributed by atoms with Gasteiger partial charge in [-0.25, -0.2) is 9.37 Å². The zero-order valence-electron chi connectivity index (χ0n) is 15.8. The molecule has 2 aliphatic rings. The van der Waals surface area contributed by atoms with Crippen molar-refractivity contribution in [3.63, 3.8) is 0 Å². The van der Waals surface area contributed by atoms with E-state index in [2.05, 4.69) is 19.8 Å². The van der Waals surface area contributed by atoms with Crippen molar-refractivity contribution < 1.29 is 9.50 Å². The van der Waals surface area contributed by atoms with E-state index in [1.807, 2.05) is 12.3 Å². The van der Waals surface area contributed by atoms with Gasteiger partial charge in [0.25, 0.3) is 0 Å². The molecular weight excluding hydrogens is 343 g/mol. The molecule has 2 fully saturated rings. The summed E-state index contributed by atoms with van der Waals surface area (Å²) in [6.45, 7) is 5.99. The Balaban J connectivity index is 1.34. The number of aromatic amines is 1. The predicted octanol–water partition coefficient (Wildman–Crippen LogP) is 2.65. The maximum absolute atomic E-state index is 13.4. The number of rotatable bonds is 5. The van der Waals surface area contributed by atoms with Gasteiger partial charge in [0.15, 0.2) is 0 Å². The minimum atomic E-state index is -0.161. The number of aromatic nitrogens is 2. The summed E-state index contributed by atoms with van der Waals surface area (Å²) in [5.74, 6) is 0.163. The Labute approximate surface area is 160 Å². The maximum Gasteiger partial charge on any atom is 0.123 e. The van der Waals surface area contributed by atoms with E-state index in [9.17, 15) is 9.50 Å². The van der Waals surface area contributed by atoms with Gasteiger partial charge in [0, 0.05) is 44.0 Å². The first-order chi connectivity index (χ1) is 13.2. The number of piperidine rings is 2. The molecule has 2 saturated heterocycles. The molecule has 1 aromatic carbocycles. The van der Waals surface area contributed by atoms with Crippen molar-refractivity contribution in [3.8, 4) is 0 Å². The van der Waals surface area contributed by atoms with Gasteiger partial charge in [-0.3, -0.25) is 9.80 Å². The SMILES string of the molecule is OC[C@H]1CN(Cc2cnc[nH]2)CCC12CCN(Cc1cccc(F)c1)CC2. The number of halogens is 1. The molecule has 1 atom stereocenters. The molecule has 2 aliphatic heterocycles. The molecule has 2 N–H and O–H groups in total. The summed E-state index contributed by atoms with van der Waals surface area (Å²) in [6, 6.07) is 6.91. The number of hydrogen-bond donors (Lipinski definition) is 2. The highest BCUT2D eigenvalue weighted by atomic mass is 19.1. The number of aliphatic hydroxyl groups excluding tert-OH is 1. The maximum atomic E-state index is 13.4. The lowest BCUT2D eigenvalue weighted by Gasteiger charge is -2.51. The minimum Gasteiger partial charge on any atom is -0.396 e. The number of hydrogen-bond acceptors (Lipinski definition) is 4. The lowest BCUT2D eigenvalue weighted by Crippen LogP contribution is -2.53. The molecule has 146 valence electrons. The second-order valence-corrected chi connectivity index (χ2v) is 8.21. The summed E-state index contributed by atoms with van der Waals surface area (Å²) in [5.41, 5.74) is 2.42. The fourth-order valence-corrected chi connectivity index (χ4v) is 4.90. The van der Waals surface area contributed by atoms with Gasteiger partial charge in [0.1, 0.15) is 5.82 Å². The number of imidazole rings is 1. The molecule has 6 heteroatoms. The summed E-state index contributed by atoms with van der Waals surface area (Å²) >= 11 is 0. The van der Waals surface area contributed by atoms with Crippen LogP contribution in [-0.4, -0.2) is 57.7 Å². The standard InChI is InChI=1S/C21H29FN4O/c22-19-3-1-2-17(10-19)12-25-7-4-21(5-8-25)6-9-26(13-18(21)15-27)14-20-11-23-16-24-20/h1-3,10-11,16,18,27H,4-9,12-15H2,(H,23,24)/t18-/m1/s1. The lowest BCUT2D eigenvalue weighted by molar-refractivity contribution is -0.0452.